The zero-order chi connectivity index (χ0) is 10.6. The smallest absolute Gasteiger partial charge is 0.251 e. The number of nitrogens with one attached hydrogen (secondary N) is 1. The van der Waals surface area contributed by atoms with Gasteiger partial charge in [-0.05, 0) is 25.2 Å². The topological polar surface area (TPSA) is 58.4 Å². The van der Waals surface area contributed by atoms with Crippen LogP contribution in [0.15, 0.2) is 0 Å². The second-order valence-corrected chi connectivity index (χ2v) is 4.41. The van der Waals surface area contributed by atoms with Crippen molar-refractivity contribution in [1.29, 1.82) is 0 Å². The van der Waals surface area contributed by atoms with Crippen LogP contribution in [0.1, 0.15) is 33.1 Å². The van der Waals surface area contributed by atoms with E-state index in [4.69, 9.17) is 5.73 Å². The number of hydrogen-bond acceptors (Lipinski definition) is 3. The molecule has 0 saturated carbocycles. The summed E-state index contributed by atoms with van der Waals surface area (Å²) in [5.74, 6) is 0.426. The van der Waals surface area contributed by atoms with Crippen LogP contribution < -0.4 is 11.2 Å². The van der Waals surface area contributed by atoms with Gasteiger partial charge in [0.05, 0.1) is 6.04 Å². The number of hydrogen-bond donors (Lipinski definition) is 2. The van der Waals surface area contributed by atoms with Gasteiger partial charge >= 0.3 is 0 Å². The van der Waals surface area contributed by atoms with Gasteiger partial charge in [0, 0.05) is 13.1 Å². The summed E-state index contributed by atoms with van der Waals surface area (Å²) < 4.78 is 0. The summed E-state index contributed by atoms with van der Waals surface area (Å²) in [5, 5.41) is 1.96. The molecule has 0 spiro atoms. The lowest BCUT2D eigenvalue weighted by molar-refractivity contribution is -0.127. The van der Waals surface area contributed by atoms with Crippen molar-refractivity contribution in [1.82, 2.24) is 10.4 Å². The Morgan fingerprint density at radius 2 is 2.00 bits per heavy atom. The van der Waals surface area contributed by atoms with Crippen LogP contribution in [0.3, 0.4) is 0 Å². The first-order valence-corrected chi connectivity index (χ1v) is 5.40. The number of rotatable bonds is 4. The summed E-state index contributed by atoms with van der Waals surface area (Å²) in [6.45, 7) is 6.06. The van der Waals surface area contributed by atoms with E-state index in [0.29, 0.717) is 5.92 Å². The van der Waals surface area contributed by atoms with Crippen molar-refractivity contribution in [3.05, 3.63) is 0 Å². The molecule has 14 heavy (non-hydrogen) atoms. The Labute approximate surface area is 85.8 Å². The lowest BCUT2D eigenvalue weighted by Crippen LogP contribution is -2.48. The second-order valence-electron chi connectivity index (χ2n) is 4.41. The van der Waals surface area contributed by atoms with Gasteiger partial charge in [-0.1, -0.05) is 13.8 Å². The number of nitrogens with zero attached hydrogens (tertiary/aromatic N) is 1. The molecule has 0 aromatic heterocycles. The van der Waals surface area contributed by atoms with Crippen LogP contribution in [0.2, 0.25) is 0 Å². The molecule has 1 saturated heterocycles. The maximum atomic E-state index is 11.6. The maximum absolute atomic E-state index is 11.6. The van der Waals surface area contributed by atoms with E-state index in [2.05, 4.69) is 19.3 Å². The monoisotopic (exact) mass is 199 g/mol. The molecule has 3 N–H and O–H groups in total. The van der Waals surface area contributed by atoms with Gasteiger partial charge in [-0.15, -0.1) is 0 Å². The molecule has 0 aromatic carbocycles. The Balaban J connectivity index is 2.25. The van der Waals surface area contributed by atoms with E-state index in [1.165, 1.54) is 12.8 Å². The lowest BCUT2D eigenvalue weighted by atomic mass is 10.0. The molecule has 0 aliphatic carbocycles. The second kappa shape index (κ2) is 5.32. The summed E-state index contributed by atoms with van der Waals surface area (Å²) in [4.78, 5) is 11.6. The minimum Gasteiger partial charge on any atom is -0.320 e. The molecule has 1 aliphatic heterocycles. The van der Waals surface area contributed by atoms with Crippen LogP contribution in [0, 0.1) is 5.92 Å². The highest BCUT2D eigenvalue weighted by molar-refractivity contribution is 5.80. The van der Waals surface area contributed by atoms with Crippen LogP contribution in [-0.4, -0.2) is 30.0 Å². The van der Waals surface area contributed by atoms with Gasteiger partial charge in [0.15, 0.2) is 0 Å². The lowest BCUT2D eigenvalue weighted by Gasteiger charge is -2.20. The van der Waals surface area contributed by atoms with Crippen LogP contribution in [0.25, 0.3) is 0 Å². The summed E-state index contributed by atoms with van der Waals surface area (Å²) in [7, 11) is 0. The molecule has 0 bridgehead atoms. The first-order valence-electron chi connectivity index (χ1n) is 5.40. The molecule has 1 atom stereocenters. The van der Waals surface area contributed by atoms with E-state index in [1.54, 1.807) is 0 Å². The summed E-state index contributed by atoms with van der Waals surface area (Å²) >= 11 is 0. The number of carbonyl (C=O) groups is 1. The van der Waals surface area contributed by atoms with Crippen LogP contribution in [-0.2, 0) is 4.79 Å². The summed E-state index contributed by atoms with van der Waals surface area (Å²) in [6.07, 6.45) is 3.08. The maximum Gasteiger partial charge on any atom is 0.251 e. The molecule has 1 amide bonds. The van der Waals surface area contributed by atoms with Crippen molar-refractivity contribution >= 4 is 5.91 Å². The van der Waals surface area contributed by atoms with Gasteiger partial charge in [0.1, 0.15) is 0 Å². The minimum atomic E-state index is -0.365. The fraction of sp³-hybridized carbons (Fsp3) is 0.900. The van der Waals surface area contributed by atoms with Gasteiger partial charge in [-0.2, -0.15) is 0 Å². The molecule has 4 heteroatoms. The van der Waals surface area contributed by atoms with Gasteiger partial charge in [-0.3, -0.25) is 10.2 Å². The predicted octanol–water partition coefficient (Wildman–Crippen LogP) is 0.487. The van der Waals surface area contributed by atoms with Crippen molar-refractivity contribution in [2.24, 2.45) is 11.7 Å². The van der Waals surface area contributed by atoms with E-state index in [0.717, 1.165) is 19.5 Å². The molecule has 82 valence electrons. The Morgan fingerprint density at radius 3 is 2.50 bits per heavy atom. The number of carbonyl (C=O) groups excluding carboxylic acids is 1. The molecule has 1 heterocycles. The highest BCUT2D eigenvalue weighted by atomic mass is 16.2. The number of nitrogens with two attached hydrogens (primary N) is 1. The van der Waals surface area contributed by atoms with E-state index in [1.807, 2.05) is 5.01 Å². The van der Waals surface area contributed by atoms with Crippen molar-refractivity contribution in [2.75, 3.05) is 13.1 Å². The molecule has 0 aromatic rings. The minimum absolute atomic E-state index is 0.0411. The number of hydrazine groups is 1. The standard InChI is InChI=1S/C10H21N3O/c1-8(2)7-9(11)10(14)12-13-5-3-4-6-13/h8-9H,3-7,11H2,1-2H3,(H,12,14)/t9-/m0/s1. The van der Waals surface area contributed by atoms with Crippen molar-refractivity contribution < 1.29 is 4.79 Å². The number of amides is 1. The van der Waals surface area contributed by atoms with Gasteiger partial charge in [0.2, 0.25) is 0 Å². The van der Waals surface area contributed by atoms with Crippen LogP contribution >= 0.6 is 0 Å². The van der Waals surface area contributed by atoms with Crippen molar-refractivity contribution in [3.63, 3.8) is 0 Å². The first-order chi connectivity index (χ1) is 6.59. The van der Waals surface area contributed by atoms with Crippen LogP contribution in [0.4, 0.5) is 0 Å². The third kappa shape index (κ3) is 3.64. The van der Waals surface area contributed by atoms with Crippen LogP contribution in [0.5, 0.6) is 0 Å². The van der Waals surface area contributed by atoms with Gasteiger partial charge in [0.25, 0.3) is 5.91 Å². The van der Waals surface area contributed by atoms with E-state index >= 15 is 0 Å². The molecule has 1 fully saturated rings. The zero-order valence-electron chi connectivity index (χ0n) is 9.12. The van der Waals surface area contributed by atoms with E-state index in [-0.39, 0.29) is 11.9 Å². The third-order valence-electron chi connectivity index (χ3n) is 2.44. The van der Waals surface area contributed by atoms with E-state index in [9.17, 15) is 4.79 Å². The highest BCUT2D eigenvalue weighted by Crippen LogP contribution is 2.06. The highest BCUT2D eigenvalue weighted by Gasteiger charge is 2.19. The molecule has 1 aliphatic rings. The SMILES string of the molecule is CC(C)C[C@H](N)C(=O)NN1CCCC1. The Hall–Kier alpha value is -0.610. The third-order valence-corrected chi connectivity index (χ3v) is 2.44. The Bertz CT molecular complexity index is 188. The van der Waals surface area contributed by atoms with Gasteiger partial charge < -0.3 is 5.73 Å². The fourth-order valence-corrected chi connectivity index (χ4v) is 1.68. The largest absolute Gasteiger partial charge is 0.320 e. The quantitative estimate of drug-likeness (QED) is 0.692. The normalized spacial score (nSPS) is 20.0. The van der Waals surface area contributed by atoms with Gasteiger partial charge in [-0.25, -0.2) is 5.01 Å². The molecular formula is C10H21N3O. The summed E-state index contributed by atoms with van der Waals surface area (Å²) in [5.41, 5.74) is 8.61. The Kier molecular flexibility index (Phi) is 4.35. The summed E-state index contributed by atoms with van der Waals surface area (Å²) in [6, 6.07) is -0.365. The van der Waals surface area contributed by atoms with Crippen molar-refractivity contribution in [2.45, 2.75) is 39.2 Å². The molecular weight excluding hydrogens is 178 g/mol. The van der Waals surface area contributed by atoms with E-state index < -0.39 is 0 Å². The first kappa shape index (κ1) is 11.5. The van der Waals surface area contributed by atoms with Crippen molar-refractivity contribution in [3.8, 4) is 0 Å². The molecule has 1 rings (SSSR count). The predicted molar refractivity (Wildman–Crippen MR) is 56.4 cm³/mol. The average molecular weight is 199 g/mol. The molecule has 0 radical (unpaired) electrons. The fourth-order valence-electron chi connectivity index (χ4n) is 1.68. The zero-order valence-corrected chi connectivity index (χ0v) is 9.12. The Morgan fingerprint density at radius 1 is 1.43 bits per heavy atom. The molecule has 4 nitrogen and oxygen atoms in total. The molecule has 0 unspecified atom stereocenters. The average Bonchev–Trinajstić information content (AvgIpc) is 2.55.